The minimum absolute atomic E-state index is 0.401. The summed E-state index contributed by atoms with van der Waals surface area (Å²) in [6.07, 6.45) is 5.20. The van der Waals surface area contributed by atoms with Crippen molar-refractivity contribution in [2.24, 2.45) is 5.41 Å². The lowest BCUT2D eigenvalue weighted by Crippen LogP contribution is -2.29. The van der Waals surface area contributed by atoms with Crippen molar-refractivity contribution < 1.29 is 9.90 Å². The Hall–Kier alpha value is -1.35. The number of aromatic carboxylic acids is 1. The quantitative estimate of drug-likeness (QED) is 0.840. The Balaban J connectivity index is 1.92. The van der Waals surface area contributed by atoms with Crippen molar-refractivity contribution in [3.63, 3.8) is 0 Å². The molecule has 1 aliphatic rings. The number of carboxylic acids is 1. The maximum absolute atomic E-state index is 11.1. The third kappa shape index (κ3) is 3.10. The van der Waals surface area contributed by atoms with Gasteiger partial charge in [-0.15, -0.1) is 0 Å². The highest BCUT2D eigenvalue weighted by molar-refractivity contribution is 5.89. The van der Waals surface area contributed by atoms with E-state index in [1.54, 1.807) is 12.1 Å². The van der Waals surface area contributed by atoms with Crippen LogP contribution in [0.3, 0.4) is 0 Å². The first-order valence-corrected chi connectivity index (χ1v) is 6.63. The summed E-state index contributed by atoms with van der Waals surface area (Å²) >= 11 is 0. The van der Waals surface area contributed by atoms with Crippen LogP contribution in [0.2, 0.25) is 0 Å². The van der Waals surface area contributed by atoms with E-state index >= 15 is 0 Å². The SMILES string of the molecule is CC1(CNCc2ccccc2C(=O)O)CCCC1. The monoisotopic (exact) mass is 247 g/mol. The van der Waals surface area contributed by atoms with Crippen molar-refractivity contribution in [2.45, 2.75) is 39.2 Å². The molecule has 0 heterocycles. The van der Waals surface area contributed by atoms with Crippen LogP contribution in [0.25, 0.3) is 0 Å². The molecule has 1 fully saturated rings. The van der Waals surface area contributed by atoms with Crippen LogP contribution < -0.4 is 5.32 Å². The van der Waals surface area contributed by atoms with E-state index < -0.39 is 5.97 Å². The number of benzene rings is 1. The van der Waals surface area contributed by atoms with Gasteiger partial charge in [0.15, 0.2) is 0 Å². The number of hydrogen-bond acceptors (Lipinski definition) is 2. The van der Waals surface area contributed by atoms with Gasteiger partial charge in [0.1, 0.15) is 0 Å². The summed E-state index contributed by atoms with van der Waals surface area (Å²) < 4.78 is 0. The minimum atomic E-state index is -0.848. The summed E-state index contributed by atoms with van der Waals surface area (Å²) in [6.45, 7) is 3.93. The topological polar surface area (TPSA) is 49.3 Å². The Bertz CT molecular complexity index is 422. The molecule has 0 atom stereocenters. The lowest BCUT2D eigenvalue weighted by atomic mass is 9.89. The molecule has 0 unspecified atom stereocenters. The average Bonchev–Trinajstić information content (AvgIpc) is 2.77. The van der Waals surface area contributed by atoms with Crippen LogP contribution in [0.4, 0.5) is 0 Å². The fourth-order valence-electron chi connectivity index (χ4n) is 2.79. The Morgan fingerprint density at radius 1 is 1.33 bits per heavy atom. The van der Waals surface area contributed by atoms with Crippen LogP contribution in [0.1, 0.15) is 48.5 Å². The molecular weight excluding hydrogens is 226 g/mol. The van der Waals surface area contributed by atoms with Gasteiger partial charge >= 0.3 is 5.97 Å². The normalized spacial score (nSPS) is 17.8. The predicted octanol–water partition coefficient (Wildman–Crippen LogP) is 3.05. The molecule has 0 aromatic heterocycles. The van der Waals surface area contributed by atoms with Gasteiger partial charge < -0.3 is 10.4 Å². The maximum atomic E-state index is 11.1. The van der Waals surface area contributed by atoms with Crippen LogP contribution in [-0.2, 0) is 6.54 Å². The second-order valence-electron chi connectivity index (χ2n) is 5.58. The van der Waals surface area contributed by atoms with Gasteiger partial charge in [-0.05, 0) is 29.9 Å². The van der Waals surface area contributed by atoms with E-state index in [9.17, 15) is 4.79 Å². The second-order valence-corrected chi connectivity index (χ2v) is 5.58. The van der Waals surface area contributed by atoms with Crippen molar-refractivity contribution in [2.75, 3.05) is 6.54 Å². The Labute approximate surface area is 108 Å². The lowest BCUT2D eigenvalue weighted by molar-refractivity contribution is 0.0695. The molecule has 0 bridgehead atoms. The number of rotatable bonds is 5. The zero-order chi connectivity index (χ0) is 13.0. The largest absolute Gasteiger partial charge is 0.478 e. The summed E-state index contributed by atoms with van der Waals surface area (Å²) in [5.41, 5.74) is 1.67. The minimum Gasteiger partial charge on any atom is -0.478 e. The third-order valence-electron chi connectivity index (χ3n) is 3.93. The Morgan fingerprint density at radius 3 is 2.67 bits per heavy atom. The van der Waals surface area contributed by atoms with E-state index in [1.165, 1.54) is 25.7 Å². The van der Waals surface area contributed by atoms with E-state index in [0.717, 1.165) is 12.1 Å². The van der Waals surface area contributed by atoms with E-state index in [0.29, 0.717) is 17.5 Å². The zero-order valence-corrected chi connectivity index (χ0v) is 10.9. The van der Waals surface area contributed by atoms with Crippen LogP contribution in [-0.4, -0.2) is 17.6 Å². The summed E-state index contributed by atoms with van der Waals surface area (Å²) in [6, 6.07) is 7.20. The molecule has 0 radical (unpaired) electrons. The number of carboxylic acid groups (broad SMARTS) is 1. The molecule has 1 saturated carbocycles. The molecule has 0 aliphatic heterocycles. The van der Waals surface area contributed by atoms with Crippen molar-refractivity contribution in [1.29, 1.82) is 0 Å². The van der Waals surface area contributed by atoms with Crippen LogP contribution in [0.15, 0.2) is 24.3 Å². The number of carbonyl (C=O) groups is 1. The molecule has 0 saturated heterocycles. The molecule has 3 heteroatoms. The smallest absolute Gasteiger partial charge is 0.336 e. The first kappa shape index (κ1) is 13.1. The highest BCUT2D eigenvalue weighted by Crippen LogP contribution is 2.36. The number of nitrogens with one attached hydrogen (secondary N) is 1. The van der Waals surface area contributed by atoms with Gasteiger partial charge in [-0.2, -0.15) is 0 Å². The number of hydrogen-bond donors (Lipinski definition) is 2. The van der Waals surface area contributed by atoms with Gasteiger partial charge in [0.25, 0.3) is 0 Å². The van der Waals surface area contributed by atoms with Gasteiger partial charge in [0.05, 0.1) is 5.56 Å². The second kappa shape index (κ2) is 5.53. The fourth-order valence-corrected chi connectivity index (χ4v) is 2.79. The molecule has 98 valence electrons. The average molecular weight is 247 g/mol. The molecule has 3 nitrogen and oxygen atoms in total. The van der Waals surface area contributed by atoms with Crippen molar-refractivity contribution >= 4 is 5.97 Å². The Kier molecular flexibility index (Phi) is 4.02. The van der Waals surface area contributed by atoms with Crippen LogP contribution in [0, 0.1) is 5.41 Å². The van der Waals surface area contributed by atoms with Gasteiger partial charge in [-0.1, -0.05) is 38.0 Å². The predicted molar refractivity (Wildman–Crippen MR) is 71.7 cm³/mol. The molecule has 1 aromatic rings. The molecule has 0 spiro atoms. The summed E-state index contributed by atoms with van der Waals surface area (Å²) in [5, 5.41) is 12.5. The zero-order valence-electron chi connectivity index (χ0n) is 10.9. The Morgan fingerprint density at radius 2 is 2.00 bits per heavy atom. The lowest BCUT2D eigenvalue weighted by Gasteiger charge is -2.24. The van der Waals surface area contributed by atoms with Gasteiger partial charge in [-0.25, -0.2) is 4.79 Å². The van der Waals surface area contributed by atoms with Crippen molar-refractivity contribution in [1.82, 2.24) is 5.32 Å². The highest BCUT2D eigenvalue weighted by atomic mass is 16.4. The third-order valence-corrected chi connectivity index (χ3v) is 3.93. The first-order valence-electron chi connectivity index (χ1n) is 6.63. The standard InChI is InChI=1S/C15H21NO2/c1-15(8-4-5-9-15)11-16-10-12-6-2-3-7-13(12)14(17)18/h2-3,6-7,16H,4-5,8-11H2,1H3,(H,17,18). The molecule has 1 aliphatic carbocycles. The van der Waals surface area contributed by atoms with Gasteiger partial charge in [0, 0.05) is 13.1 Å². The molecule has 18 heavy (non-hydrogen) atoms. The van der Waals surface area contributed by atoms with E-state index in [2.05, 4.69) is 12.2 Å². The summed E-state index contributed by atoms with van der Waals surface area (Å²) in [7, 11) is 0. The molecule has 2 rings (SSSR count). The highest BCUT2D eigenvalue weighted by Gasteiger charge is 2.27. The molecule has 0 amide bonds. The summed E-state index contributed by atoms with van der Waals surface area (Å²) in [4.78, 5) is 11.1. The van der Waals surface area contributed by atoms with E-state index in [-0.39, 0.29) is 0 Å². The fraction of sp³-hybridized carbons (Fsp3) is 0.533. The van der Waals surface area contributed by atoms with Crippen LogP contribution >= 0.6 is 0 Å². The molecule has 1 aromatic carbocycles. The molecular formula is C15H21NO2. The van der Waals surface area contributed by atoms with E-state index in [1.807, 2.05) is 12.1 Å². The van der Waals surface area contributed by atoms with E-state index in [4.69, 9.17) is 5.11 Å². The summed E-state index contributed by atoms with van der Waals surface area (Å²) in [5.74, 6) is -0.848. The van der Waals surface area contributed by atoms with Crippen molar-refractivity contribution in [3.05, 3.63) is 35.4 Å². The van der Waals surface area contributed by atoms with Gasteiger partial charge in [-0.3, -0.25) is 0 Å². The van der Waals surface area contributed by atoms with Gasteiger partial charge in [0.2, 0.25) is 0 Å². The van der Waals surface area contributed by atoms with Crippen LogP contribution in [0.5, 0.6) is 0 Å². The molecule has 2 N–H and O–H groups in total. The first-order chi connectivity index (χ1) is 8.61. The van der Waals surface area contributed by atoms with Crippen molar-refractivity contribution in [3.8, 4) is 0 Å². The maximum Gasteiger partial charge on any atom is 0.336 e.